The lowest BCUT2D eigenvalue weighted by molar-refractivity contribution is -0.0278. The van der Waals surface area contributed by atoms with Crippen LogP contribution in [-0.2, 0) is 9.47 Å². The highest BCUT2D eigenvalue weighted by atomic mass is 16.6. The Morgan fingerprint density at radius 2 is 1.94 bits per heavy atom. The van der Waals surface area contributed by atoms with Gasteiger partial charge in [-0.25, -0.2) is 4.79 Å². The molecule has 1 aliphatic heterocycles. The molecule has 0 aromatic rings. The molecule has 0 bridgehead atoms. The van der Waals surface area contributed by atoms with Gasteiger partial charge in [0.25, 0.3) is 0 Å². The number of amides is 1. The van der Waals surface area contributed by atoms with Crippen molar-refractivity contribution in [2.24, 2.45) is 0 Å². The summed E-state index contributed by atoms with van der Waals surface area (Å²) in [5, 5.41) is 0. The topological polar surface area (TPSA) is 38.8 Å². The molecule has 0 spiro atoms. The Balaban J connectivity index is 0.00000106. The van der Waals surface area contributed by atoms with E-state index in [0.717, 1.165) is 0 Å². The van der Waals surface area contributed by atoms with E-state index in [0.29, 0.717) is 19.8 Å². The summed E-state index contributed by atoms with van der Waals surface area (Å²) in [5.74, 6) is 0. The average Bonchev–Trinajstić information content (AvgIpc) is 2.18. The van der Waals surface area contributed by atoms with Gasteiger partial charge in [0.2, 0.25) is 0 Å². The van der Waals surface area contributed by atoms with Crippen LogP contribution >= 0.6 is 0 Å². The third-order valence-electron chi connectivity index (χ3n) is 2.00. The van der Waals surface area contributed by atoms with E-state index in [2.05, 4.69) is 0 Å². The molecule has 0 aromatic carbocycles. The van der Waals surface area contributed by atoms with Gasteiger partial charge in [-0.2, -0.15) is 0 Å². The first-order valence-corrected chi connectivity index (χ1v) is 5.97. The maximum absolute atomic E-state index is 11.7. The quantitative estimate of drug-likeness (QED) is 0.643. The van der Waals surface area contributed by atoms with Gasteiger partial charge in [0, 0.05) is 6.54 Å². The van der Waals surface area contributed by atoms with E-state index in [1.807, 2.05) is 41.5 Å². The van der Waals surface area contributed by atoms with Crippen molar-refractivity contribution in [3.05, 3.63) is 0 Å². The van der Waals surface area contributed by atoms with Gasteiger partial charge in [0.15, 0.2) is 0 Å². The number of carbonyl (C=O) groups excluding carboxylic acids is 1. The summed E-state index contributed by atoms with van der Waals surface area (Å²) >= 11 is 0. The SMILES string of the molecule is CC.CC1COCCN1C(=O)OC(C)(C)C. The van der Waals surface area contributed by atoms with E-state index < -0.39 is 5.60 Å². The molecule has 1 amide bonds. The fourth-order valence-corrected chi connectivity index (χ4v) is 1.32. The van der Waals surface area contributed by atoms with Crippen molar-refractivity contribution in [3.8, 4) is 0 Å². The van der Waals surface area contributed by atoms with Crippen LogP contribution in [0.3, 0.4) is 0 Å². The molecule has 4 nitrogen and oxygen atoms in total. The van der Waals surface area contributed by atoms with E-state index >= 15 is 0 Å². The summed E-state index contributed by atoms with van der Waals surface area (Å²) in [7, 11) is 0. The van der Waals surface area contributed by atoms with Gasteiger partial charge < -0.3 is 14.4 Å². The standard InChI is InChI=1S/C10H19NO3.C2H6/c1-8-7-13-6-5-11(8)9(12)14-10(2,3)4;1-2/h8H,5-7H2,1-4H3;1-2H3. The molecular formula is C12H25NO3. The van der Waals surface area contributed by atoms with Crippen LogP contribution in [-0.4, -0.2) is 42.4 Å². The van der Waals surface area contributed by atoms with Gasteiger partial charge in [-0.1, -0.05) is 13.8 Å². The first kappa shape index (κ1) is 15.2. The molecule has 0 saturated carbocycles. The number of nitrogens with zero attached hydrogens (tertiary/aromatic N) is 1. The molecule has 1 unspecified atom stereocenters. The third-order valence-corrected chi connectivity index (χ3v) is 2.00. The summed E-state index contributed by atoms with van der Waals surface area (Å²) in [6.45, 7) is 13.4. The second-order valence-electron chi connectivity index (χ2n) is 4.60. The van der Waals surface area contributed by atoms with Crippen LogP contribution in [0.5, 0.6) is 0 Å². The first-order valence-electron chi connectivity index (χ1n) is 5.97. The minimum Gasteiger partial charge on any atom is -0.444 e. The third kappa shape index (κ3) is 5.35. The summed E-state index contributed by atoms with van der Waals surface area (Å²) in [4.78, 5) is 13.4. The fourth-order valence-electron chi connectivity index (χ4n) is 1.32. The van der Waals surface area contributed by atoms with Crippen molar-refractivity contribution >= 4 is 6.09 Å². The van der Waals surface area contributed by atoms with Crippen LogP contribution < -0.4 is 0 Å². The number of rotatable bonds is 0. The van der Waals surface area contributed by atoms with Crippen LogP contribution in [0.2, 0.25) is 0 Å². The smallest absolute Gasteiger partial charge is 0.410 e. The zero-order valence-electron chi connectivity index (χ0n) is 11.4. The Kier molecular flexibility index (Phi) is 6.41. The zero-order valence-corrected chi connectivity index (χ0v) is 11.4. The number of morpholine rings is 1. The van der Waals surface area contributed by atoms with Gasteiger partial charge in [0.05, 0.1) is 19.3 Å². The minimum absolute atomic E-state index is 0.110. The largest absolute Gasteiger partial charge is 0.444 e. The van der Waals surface area contributed by atoms with Crippen molar-refractivity contribution in [1.29, 1.82) is 0 Å². The summed E-state index contributed by atoms with van der Waals surface area (Å²) in [5.41, 5.74) is -0.422. The van der Waals surface area contributed by atoms with Crippen molar-refractivity contribution in [2.75, 3.05) is 19.8 Å². The minimum atomic E-state index is -0.422. The highest BCUT2D eigenvalue weighted by Crippen LogP contribution is 2.13. The van der Waals surface area contributed by atoms with E-state index in [1.54, 1.807) is 4.90 Å². The molecule has 1 aliphatic rings. The molecule has 0 aromatic heterocycles. The van der Waals surface area contributed by atoms with Crippen LogP contribution in [0, 0.1) is 0 Å². The second kappa shape index (κ2) is 6.74. The van der Waals surface area contributed by atoms with Crippen LogP contribution in [0.15, 0.2) is 0 Å². The monoisotopic (exact) mass is 231 g/mol. The van der Waals surface area contributed by atoms with Crippen LogP contribution in [0.1, 0.15) is 41.5 Å². The summed E-state index contributed by atoms with van der Waals surface area (Å²) in [6, 6.07) is 0.110. The van der Waals surface area contributed by atoms with E-state index in [4.69, 9.17) is 9.47 Å². The highest BCUT2D eigenvalue weighted by molar-refractivity contribution is 5.68. The molecule has 0 radical (unpaired) electrons. The molecule has 0 aliphatic carbocycles. The molecule has 1 fully saturated rings. The summed E-state index contributed by atoms with van der Waals surface area (Å²) < 4.78 is 10.5. The predicted molar refractivity (Wildman–Crippen MR) is 64.6 cm³/mol. The lowest BCUT2D eigenvalue weighted by Crippen LogP contribution is -2.48. The van der Waals surface area contributed by atoms with Gasteiger partial charge in [-0.15, -0.1) is 0 Å². The summed E-state index contributed by atoms with van der Waals surface area (Å²) in [6.07, 6.45) is -0.242. The van der Waals surface area contributed by atoms with E-state index in [1.165, 1.54) is 0 Å². The predicted octanol–water partition coefficient (Wildman–Crippen LogP) is 2.67. The fraction of sp³-hybridized carbons (Fsp3) is 0.917. The molecule has 1 atom stereocenters. The Hall–Kier alpha value is -0.770. The highest BCUT2D eigenvalue weighted by Gasteiger charge is 2.27. The Labute approximate surface area is 98.9 Å². The molecule has 1 saturated heterocycles. The van der Waals surface area contributed by atoms with Crippen molar-refractivity contribution in [2.45, 2.75) is 53.2 Å². The van der Waals surface area contributed by atoms with Gasteiger partial charge >= 0.3 is 6.09 Å². The van der Waals surface area contributed by atoms with Crippen molar-refractivity contribution in [3.63, 3.8) is 0 Å². The first-order chi connectivity index (χ1) is 7.40. The lowest BCUT2D eigenvalue weighted by atomic mass is 10.2. The Morgan fingerprint density at radius 1 is 1.38 bits per heavy atom. The maximum Gasteiger partial charge on any atom is 0.410 e. The zero-order chi connectivity index (χ0) is 12.8. The molecular weight excluding hydrogens is 206 g/mol. The lowest BCUT2D eigenvalue weighted by Gasteiger charge is -2.34. The maximum atomic E-state index is 11.7. The Bertz CT molecular complexity index is 211. The molecule has 4 heteroatoms. The van der Waals surface area contributed by atoms with Crippen molar-refractivity contribution in [1.82, 2.24) is 4.90 Å². The van der Waals surface area contributed by atoms with Crippen molar-refractivity contribution < 1.29 is 14.3 Å². The molecule has 0 N–H and O–H groups in total. The molecule has 1 heterocycles. The number of ether oxygens (including phenoxy) is 2. The molecule has 16 heavy (non-hydrogen) atoms. The normalized spacial score (nSPS) is 20.9. The average molecular weight is 231 g/mol. The number of hydrogen-bond acceptors (Lipinski definition) is 3. The Morgan fingerprint density at radius 3 is 2.38 bits per heavy atom. The van der Waals surface area contributed by atoms with E-state index in [9.17, 15) is 4.79 Å². The van der Waals surface area contributed by atoms with Crippen LogP contribution in [0.4, 0.5) is 4.79 Å². The number of carbonyl (C=O) groups is 1. The number of hydrogen-bond donors (Lipinski definition) is 0. The van der Waals surface area contributed by atoms with Crippen LogP contribution in [0.25, 0.3) is 0 Å². The molecule has 1 rings (SSSR count). The van der Waals surface area contributed by atoms with E-state index in [-0.39, 0.29) is 12.1 Å². The van der Waals surface area contributed by atoms with Gasteiger partial charge in [-0.3, -0.25) is 0 Å². The second-order valence-corrected chi connectivity index (χ2v) is 4.60. The van der Waals surface area contributed by atoms with Gasteiger partial charge in [0.1, 0.15) is 5.60 Å². The molecule has 96 valence electrons. The van der Waals surface area contributed by atoms with Gasteiger partial charge in [-0.05, 0) is 27.7 Å².